The van der Waals surface area contributed by atoms with E-state index in [0.717, 1.165) is 14.5 Å². The summed E-state index contributed by atoms with van der Waals surface area (Å²) in [5.74, 6) is 3.27. The summed E-state index contributed by atoms with van der Waals surface area (Å²) in [5.41, 5.74) is 0. The maximum absolute atomic E-state index is 6.19. The van der Waals surface area contributed by atoms with Gasteiger partial charge in [0.05, 0.1) is 57.8 Å². The third kappa shape index (κ3) is 14.1. The Morgan fingerprint density at radius 1 is 0.408 bits per heavy atom. The van der Waals surface area contributed by atoms with Crippen LogP contribution < -0.4 is 42.7 Å². The molecular weight excluding hydrogens is 635 g/mol. The molecule has 0 amide bonds. The average Bonchev–Trinajstić information content (AvgIpc) is 3.71. The first-order valence-corrected chi connectivity index (χ1v) is 17.3. The van der Waals surface area contributed by atoms with E-state index >= 15 is 0 Å². The predicted molar refractivity (Wildman–Crippen MR) is 184 cm³/mol. The molecule has 0 aromatic carbocycles. The molecule has 0 saturated carbocycles. The third-order valence-electron chi connectivity index (χ3n) is 5.82. The highest BCUT2D eigenvalue weighted by atomic mass is 16.9. The van der Waals surface area contributed by atoms with Crippen molar-refractivity contribution in [2.24, 2.45) is 35.5 Å². The van der Waals surface area contributed by atoms with Crippen LogP contribution in [0.1, 0.15) is 83.1 Å². The molecule has 3 heterocycles. The van der Waals surface area contributed by atoms with E-state index < -0.39 is 7.32 Å². The van der Waals surface area contributed by atoms with Crippen molar-refractivity contribution in [3.05, 3.63) is 18.2 Å². The van der Waals surface area contributed by atoms with Crippen molar-refractivity contribution < 1.29 is 42.7 Å². The summed E-state index contributed by atoms with van der Waals surface area (Å²) in [6.45, 7) is 27.1. The SMILES string of the molecule is CC(C)COc1cc(OCC(C)C)n(OB(On2nc(OCC(C)C)cc2OCC(C)C)On2nc(OCC(C)C)cc2OCC(C)C)n1. The van der Waals surface area contributed by atoms with Crippen LogP contribution in [0.15, 0.2) is 18.2 Å². The van der Waals surface area contributed by atoms with Crippen LogP contribution in [0.2, 0.25) is 0 Å². The van der Waals surface area contributed by atoms with E-state index in [2.05, 4.69) is 15.3 Å². The maximum Gasteiger partial charge on any atom is 0.929 e. The van der Waals surface area contributed by atoms with Crippen molar-refractivity contribution in [1.29, 1.82) is 0 Å². The molecular formula is C33H57BN6O9. The molecule has 0 aliphatic carbocycles. The Morgan fingerprint density at radius 3 is 0.857 bits per heavy atom. The number of hydrogen-bond donors (Lipinski definition) is 0. The van der Waals surface area contributed by atoms with E-state index in [1.165, 1.54) is 0 Å². The van der Waals surface area contributed by atoms with E-state index in [1.807, 2.05) is 83.1 Å². The number of nitrogens with zero attached hydrogens (tertiary/aromatic N) is 6. The van der Waals surface area contributed by atoms with Crippen LogP contribution in [0, 0.1) is 35.5 Å². The molecule has 3 rings (SSSR count). The second-order valence-corrected chi connectivity index (χ2v) is 14.4. The zero-order chi connectivity index (χ0) is 36.1. The van der Waals surface area contributed by atoms with Gasteiger partial charge in [0.25, 0.3) is 17.6 Å². The molecule has 15 nitrogen and oxygen atoms in total. The fourth-order valence-electron chi connectivity index (χ4n) is 3.53. The van der Waals surface area contributed by atoms with Crippen LogP contribution in [0.25, 0.3) is 0 Å². The van der Waals surface area contributed by atoms with Gasteiger partial charge in [-0.25, -0.2) is 0 Å². The van der Waals surface area contributed by atoms with Crippen LogP contribution in [0.5, 0.6) is 35.3 Å². The van der Waals surface area contributed by atoms with Gasteiger partial charge in [-0.15, -0.1) is 0 Å². The van der Waals surface area contributed by atoms with Crippen LogP contribution in [0.3, 0.4) is 0 Å². The maximum atomic E-state index is 6.19. The molecule has 3 aromatic heterocycles. The van der Waals surface area contributed by atoms with Crippen LogP contribution in [-0.4, -0.2) is 76.8 Å². The summed E-state index contributed by atoms with van der Waals surface area (Å²) in [7, 11) is -1.59. The molecule has 3 aromatic rings. The number of hydrogen-bond acceptors (Lipinski definition) is 12. The topological polar surface area (TPSA) is 137 Å². The fourth-order valence-corrected chi connectivity index (χ4v) is 3.53. The van der Waals surface area contributed by atoms with Crippen molar-refractivity contribution in [2.45, 2.75) is 83.1 Å². The Morgan fingerprint density at radius 2 is 0.633 bits per heavy atom. The van der Waals surface area contributed by atoms with Gasteiger partial charge in [-0.1, -0.05) is 113 Å². The second kappa shape index (κ2) is 19.2. The molecule has 0 N–H and O–H groups in total. The zero-order valence-corrected chi connectivity index (χ0v) is 31.4. The summed E-state index contributed by atoms with van der Waals surface area (Å²) in [5, 5.41) is 13.4. The van der Waals surface area contributed by atoms with E-state index in [-0.39, 0.29) is 53.1 Å². The van der Waals surface area contributed by atoms with Crippen LogP contribution in [0.4, 0.5) is 0 Å². The first-order valence-electron chi connectivity index (χ1n) is 17.3. The van der Waals surface area contributed by atoms with Gasteiger partial charge in [-0.05, 0) is 35.5 Å². The Kier molecular flexibility index (Phi) is 15.4. The van der Waals surface area contributed by atoms with Gasteiger partial charge in [0.1, 0.15) is 0 Å². The van der Waals surface area contributed by atoms with Crippen molar-refractivity contribution in [1.82, 2.24) is 29.8 Å². The molecule has 0 aliphatic rings. The van der Waals surface area contributed by atoms with Crippen LogP contribution >= 0.6 is 0 Å². The molecule has 0 atom stereocenters. The minimum absolute atomic E-state index is 0.231. The Balaban J connectivity index is 2.04. The molecule has 49 heavy (non-hydrogen) atoms. The lowest BCUT2D eigenvalue weighted by atomic mass is 10.2. The smallest absolute Gasteiger partial charge is 0.476 e. The molecule has 0 fully saturated rings. The molecule has 0 unspecified atom stereocenters. The van der Waals surface area contributed by atoms with Crippen molar-refractivity contribution >= 4 is 7.32 Å². The van der Waals surface area contributed by atoms with Gasteiger partial charge in [-0.2, -0.15) is 0 Å². The Labute approximate surface area is 291 Å². The van der Waals surface area contributed by atoms with E-state index in [4.69, 9.17) is 42.7 Å². The second-order valence-electron chi connectivity index (χ2n) is 14.4. The standard InChI is InChI=1S/C33H57BN6O9/c1-22(2)16-41-28-13-31(44-19-25(7)8)38(35-28)47-34(48-39-32(45-20-26(9)10)14-29(36-39)42-17-23(3)4)49-40-33(46-21-27(11)12)15-30(37-40)43-18-24(5)6/h13-15,22-27H,16-21H2,1-12H3. The highest BCUT2D eigenvalue weighted by Crippen LogP contribution is 2.23. The van der Waals surface area contributed by atoms with E-state index in [9.17, 15) is 0 Å². The Bertz CT molecular complexity index is 1210. The summed E-state index contributed by atoms with van der Waals surface area (Å²) >= 11 is 0. The lowest BCUT2D eigenvalue weighted by Gasteiger charge is -2.18. The lowest BCUT2D eigenvalue weighted by Crippen LogP contribution is -2.49. The van der Waals surface area contributed by atoms with Gasteiger partial charge >= 0.3 is 7.32 Å². The normalized spacial score (nSPS) is 11.6. The summed E-state index contributed by atoms with van der Waals surface area (Å²) in [4.78, 5) is 3.43. The minimum atomic E-state index is -1.59. The molecule has 0 radical (unpaired) electrons. The predicted octanol–water partition coefficient (Wildman–Crippen LogP) is 5.16. The van der Waals surface area contributed by atoms with Gasteiger partial charge in [-0.3, -0.25) is 0 Å². The van der Waals surface area contributed by atoms with Crippen LogP contribution in [-0.2, 0) is 0 Å². The molecule has 16 heteroatoms. The molecule has 0 aliphatic heterocycles. The summed E-state index contributed by atoms with van der Waals surface area (Å²) in [6.07, 6.45) is 0. The highest BCUT2D eigenvalue weighted by molar-refractivity contribution is 6.37. The minimum Gasteiger partial charge on any atom is -0.476 e. The molecule has 0 saturated heterocycles. The Hall–Kier alpha value is -4.11. The molecule has 276 valence electrons. The molecule has 0 spiro atoms. The highest BCUT2D eigenvalue weighted by Gasteiger charge is 2.39. The monoisotopic (exact) mass is 692 g/mol. The van der Waals surface area contributed by atoms with Gasteiger partial charge in [0.15, 0.2) is 0 Å². The lowest BCUT2D eigenvalue weighted by molar-refractivity contribution is 0.0158. The van der Waals surface area contributed by atoms with E-state index in [0.29, 0.717) is 57.3 Å². The van der Waals surface area contributed by atoms with Crippen molar-refractivity contribution in [3.8, 4) is 35.3 Å². The fraction of sp³-hybridized carbons (Fsp3) is 0.727. The number of aromatic nitrogens is 6. The van der Waals surface area contributed by atoms with E-state index in [1.54, 1.807) is 18.2 Å². The first kappa shape index (κ1) is 39.3. The summed E-state index contributed by atoms with van der Waals surface area (Å²) < 4.78 is 54.3. The molecule has 0 bridgehead atoms. The zero-order valence-electron chi connectivity index (χ0n) is 31.4. The van der Waals surface area contributed by atoms with Gasteiger partial charge < -0.3 is 42.7 Å². The third-order valence-corrected chi connectivity index (χ3v) is 5.82. The quantitative estimate of drug-likeness (QED) is 0.115. The number of rotatable bonds is 24. The van der Waals surface area contributed by atoms with Crippen molar-refractivity contribution in [3.63, 3.8) is 0 Å². The van der Waals surface area contributed by atoms with Gasteiger partial charge in [0.2, 0.25) is 17.6 Å². The largest absolute Gasteiger partial charge is 0.929 e. The van der Waals surface area contributed by atoms with Crippen molar-refractivity contribution in [2.75, 3.05) is 39.6 Å². The average molecular weight is 693 g/mol. The van der Waals surface area contributed by atoms with Gasteiger partial charge in [0, 0.05) is 0 Å². The summed E-state index contributed by atoms with van der Waals surface area (Å²) in [6, 6.07) is 4.94. The number of ether oxygens (including phenoxy) is 6. The first-order chi connectivity index (χ1) is 23.2.